The van der Waals surface area contributed by atoms with E-state index >= 15 is 0 Å². The number of fused-ring (bicyclic) bond motifs is 4. The third-order valence-corrected chi connectivity index (χ3v) is 13.1. The Balaban J connectivity index is 0.00000233. The summed E-state index contributed by atoms with van der Waals surface area (Å²) in [6, 6.07) is 0. The van der Waals surface area contributed by atoms with Crippen molar-refractivity contribution in [3.05, 3.63) is 24.4 Å². The van der Waals surface area contributed by atoms with Crippen LogP contribution in [0.15, 0.2) is 18.9 Å². The topological polar surface area (TPSA) is 280 Å². The van der Waals surface area contributed by atoms with Crippen molar-refractivity contribution in [2.75, 3.05) is 42.7 Å². The molecule has 9 rings (SSSR count). The number of aromatic nitrogens is 7. The van der Waals surface area contributed by atoms with Crippen LogP contribution in [-0.4, -0.2) is 113 Å². The van der Waals surface area contributed by atoms with E-state index < -0.39 is 75.9 Å². The standard InChI is InChI=1S/C28H37N11O10P2S2.2Na/c29-21-16-24(37-27(36-21)32-9-28(30)3-4-28)39(11-35-16)26-20-17(40)13(46-26)7-44-50(42,52)48-19-14(8-45-51(43,53)49-20)47-25(18(19)41)38-6-12-2-1-5-31-22-15(12)23(38)34-10-33-22;;/h6,10-11,13-14,17-20,25-26,40-41H,1-5,7-9,30H2,(H,42,52)(H,43,53)(H,31,33,34)(H3,29,32,36,37);;/q;2*+1/p-2/t13-,14-,17-,18-,19-,20-,25-,26-,50?,51?;;/m1../s1. The van der Waals surface area contributed by atoms with E-state index in [9.17, 15) is 19.3 Å². The van der Waals surface area contributed by atoms with Crippen LogP contribution >= 0.6 is 13.6 Å². The first kappa shape index (κ1) is 42.5. The second-order valence-corrected chi connectivity index (χ2v) is 19.1. The minimum absolute atomic E-state index is 0. The number of imidazole rings is 1. The normalized spacial score (nSPS) is 35.6. The molecule has 3 saturated heterocycles. The minimum Gasteiger partial charge on any atom is -0.660 e. The number of hydrogen-bond donors (Lipinski definition) is 6. The summed E-state index contributed by atoms with van der Waals surface area (Å²) in [5, 5.41) is 30.1. The summed E-state index contributed by atoms with van der Waals surface area (Å²) >= 11 is 10.5. The number of nitrogens with one attached hydrogen (secondary N) is 2. The monoisotopic (exact) mass is 857 g/mol. The van der Waals surface area contributed by atoms with E-state index in [1.54, 1.807) is 4.57 Å². The van der Waals surface area contributed by atoms with Crippen molar-refractivity contribution in [3.8, 4) is 0 Å². The van der Waals surface area contributed by atoms with Gasteiger partial charge >= 0.3 is 59.1 Å². The van der Waals surface area contributed by atoms with Gasteiger partial charge in [-0.3, -0.25) is 13.7 Å². The maximum Gasteiger partial charge on any atom is 1.00 e. The number of nitrogens with zero attached hydrogens (tertiary/aromatic N) is 7. The Hall–Kier alpha value is -0.630. The first-order chi connectivity index (χ1) is 25.3. The van der Waals surface area contributed by atoms with Crippen LogP contribution in [0.5, 0.6) is 0 Å². The predicted octanol–water partition coefficient (Wildman–Crippen LogP) is -5.23. The number of aliphatic hydroxyl groups is 2. The van der Waals surface area contributed by atoms with Crippen LogP contribution in [0.2, 0.25) is 0 Å². The van der Waals surface area contributed by atoms with Gasteiger partial charge in [-0.05, 0) is 31.2 Å². The van der Waals surface area contributed by atoms with Crippen LogP contribution in [0.1, 0.15) is 37.3 Å². The third-order valence-electron chi connectivity index (χ3n) is 10.0. The van der Waals surface area contributed by atoms with Crippen LogP contribution in [0.3, 0.4) is 0 Å². The van der Waals surface area contributed by atoms with Crippen molar-refractivity contribution >= 4 is 77.9 Å². The van der Waals surface area contributed by atoms with E-state index in [2.05, 4.69) is 35.6 Å². The molecule has 8 N–H and O–H groups in total. The van der Waals surface area contributed by atoms with Crippen LogP contribution in [0.4, 0.5) is 17.6 Å². The fourth-order valence-electron chi connectivity index (χ4n) is 7.06. The van der Waals surface area contributed by atoms with Gasteiger partial charge in [0.1, 0.15) is 59.9 Å². The summed E-state index contributed by atoms with van der Waals surface area (Å²) in [5.74, 6) is 0.883. The molecule has 1 saturated carbocycles. The SMILES string of the molecule is Nc1nc(NCC2(N)CC2)nc2c1ncn2[C@@H]1O[C@@H]2COP(=O)([S-])O[C@H]3[C@@H](O)[C@H](n4cc5c6c(ncnc64)NCCC5)O[C@@H]3COP(=O)([S-])O[C@@H]1[C@@H]2O.[Na+].[Na+]. The van der Waals surface area contributed by atoms with Gasteiger partial charge in [-0.2, -0.15) is 9.97 Å². The zero-order chi connectivity index (χ0) is 36.9. The maximum atomic E-state index is 13.8. The molecule has 4 aliphatic heterocycles. The fourth-order valence-corrected chi connectivity index (χ4v) is 9.88. The maximum absolute atomic E-state index is 13.8. The van der Waals surface area contributed by atoms with Crippen molar-refractivity contribution in [1.29, 1.82) is 0 Å². The van der Waals surface area contributed by atoms with Crippen molar-refractivity contribution in [2.24, 2.45) is 5.73 Å². The zero-order valence-electron chi connectivity index (χ0n) is 29.7. The Bertz CT molecular complexity index is 2190. The summed E-state index contributed by atoms with van der Waals surface area (Å²) in [6.45, 7) is -8.88. The minimum atomic E-state index is -4.48. The molecule has 1 aliphatic carbocycles. The van der Waals surface area contributed by atoms with Crippen molar-refractivity contribution in [3.63, 3.8) is 0 Å². The summed E-state index contributed by atoms with van der Waals surface area (Å²) in [4.78, 5) is 21.9. The molecule has 21 nitrogen and oxygen atoms in total. The molecule has 5 aliphatic rings. The Labute approximate surface area is 368 Å². The Morgan fingerprint density at radius 3 is 2.40 bits per heavy atom. The molecule has 4 aromatic heterocycles. The van der Waals surface area contributed by atoms with Gasteiger partial charge in [-0.15, -0.1) is 0 Å². The summed E-state index contributed by atoms with van der Waals surface area (Å²) in [7, 11) is 0. The molecule has 4 fully saturated rings. The van der Waals surface area contributed by atoms with Crippen molar-refractivity contribution in [1.82, 2.24) is 34.1 Å². The molecule has 4 aromatic rings. The third kappa shape index (κ3) is 8.29. The second-order valence-electron chi connectivity index (χ2n) is 13.7. The van der Waals surface area contributed by atoms with Crippen molar-refractivity contribution < 1.29 is 106 Å². The number of aliphatic hydroxyl groups excluding tert-OH is 2. The predicted molar refractivity (Wildman–Crippen MR) is 190 cm³/mol. The van der Waals surface area contributed by atoms with Gasteiger partial charge in [-0.1, -0.05) is 0 Å². The van der Waals surface area contributed by atoms with Gasteiger partial charge in [0.25, 0.3) is 0 Å². The van der Waals surface area contributed by atoms with Gasteiger partial charge in [0.15, 0.2) is 30.7 Å². The molecule has 0 amide bonds. The molecule has 10 atom stereocenters. The summed E-state index contributed by atoms with van der Waals surface area (Å²) in [6.07, 6.45) is -2.98. The molecule has 0 radical (unpaired) electrons. The quantitative estimate of drug-likeness (QED) is 0.0622. The molecule has 55 heavy (non-hydrogen) atoms. The average Bonchev–Trinajstić information content (AvgIpc) is 3.31. The number of nitrogen functional groups attached to an aromatic ring is 1. The molecule has 0 aromatic carbocycles. The van der Waals surface area contributed by atoms with E-state index in [1.807, 2.05) is 6.20 Å². The number of hydrogen-bond acceptors (Lipinski definition) is 21. The van der Waals surface area contributed by atoms with Gasteiger partial charge in [0, 0.05) is 24.8 Å². The molecular formula is C28H35N11Na2O10P2S2. The number of aryl methyl sites for hydroxylation is 1. The average molecular weight is 858 g/mol. The number of anilines is 3. The number of nitrogens with two attached hydrogens (primary N) is 2. The van der Waals surface area contributed by atoms with E-state index in [0.29, 0.717) is 18.0 Å². The molecule has 0 spiro atoms. The van der Waals surface area contributed by atoms with Crippen molar-refractivity contribution in [2.45, 2.75) is 80.3 Å². The van der Waals surface area contributed by atoms with Crippen LogP contribution in [0, 0.1) is 0 Å². The van der Waals surface area contributed by atoms with Gasteiger partial charge in [0.05, 0.1) is 24.9 Å². The van der Waals surface area contributed by atoms with E-state index in [0.717, 1.165) is 43.2 Å². The molecule has 2 unspecified atom stereocenters. The van der Waals surface area contributed by atoms with Crippen LogP contribution in [0.25, 0.3) is 22.2 Å². The number of rotatable bonds is 5. The Morgan fingerprint density at radius 2 is 1.65 bits per heavy atom. The molecule has 2 bridgehead atoms. The smallest absolute Gasteiger partial charge is 0.660 e. The van der Waals surface area contributed by atoms with Gasteiger partial charge in [0.2, 0.25) is 12.7 Å². The number of ether oxygens (including phenoxy) is 2. The van der Waals surface area contributed by atoms with Gasteiger partial charge in [-0.25, -0.2) is 15.0 Å². The molecule has 286 valence electrons. The van der Waals surface area contributed by atoms with E-state index in [4.69, 9.17) is 63.5 Å². The summed E-state index contributed by atoms with van der Waals surface area (Å²) in [5.41, 5.74) is 13.9. The Kier molecular flexibility index (Phi) is 12.4. The fraction of sp³-hybridized carbons (Fsp3) is 0.607. The molecule has 8 heterocycles. The largest absolute Gasteiger partial charge is 1.00 e. The first-order valence-electron chi connectivity index (χ1n) is 16.8. The van der Waals surface area contributed by atoms with E-state index in [-0.39, 0.29) is 87.6 Å². The van der Waals surface area contributed by atoms with Gasteiger partial charge < -0.3 is 88.9 Å². The Morgan fingerprint density at radius 1 is 0.945 bits per heavy atom. The second kappa shape index (κ2) is 16.1. The van der Waals surface area contributed by atoms with Crippen LogP contribution < -0.4 is 81.2 Å². The van der Waals surface area contributed by atoms with E-state index in [1.165, 1.54) is 17.2 Å². The van der Waals surface area contributed by atoms with Crippen LogP contribution in [-0.2, 0) is 67.6 Å². The summed E-state index contributed by atoms with van der Waals surface area (Å²) < 4.78 is 65.7. The zero-order valence-corrected chi connectivity index (χ0v) is 37.1. The molecular weight excluding hydrogens is 822 g/mol. The first-order valence-corrected chi connectivity index (χ1v) is 22.0. The molecule has 27 heteroatoms.